The maximum absolute atomic E-state index is 12.2. The molecule has 0 aliphatic rings. The molecule has 124 valence electrons. The summed E-state index contributed by atoms with van der Waals surface area (Å²) in [7, 11) is 1.95. The van der Waals surface area contributed by atoms with Gasteiger partial charge in [0.1, 0.15) is 0 Å². The standard InChI is InChI=1S/C18H20N4OS/c1-12-4-6-14(7-5-12)8-9-15(23)21-18-20-13(2)16(24-18)17-19-10-11-22(17)3/h4-7,10-11H,8-9H2,1-3H3,(H,20,21,23). The van der Waals surface area contributed by atoms with Gasteiger partial charge >= 0.3 is 0 Å². The van der Waals surface area contributed by atoms with Crippen molar-refractivity contribution >= 4 is 22.4 Å². The van der Waals surface area contributed by atoms with Crippen molar-refractivity contribution in [1.29, 1.82) is 0 Å². The predicted octanol–water partition coefficient (Wildman–Crippen LogP) is 3.73. The molecule has 1 amide bonds. The van der Waals surface area contributed by atoms with Crippen molar-refractivity contribution in [3.05, 3.63) is 53.5 Å². The first kappa shape index (κ1) is 16.4. The number of carbonyl (C=O) groups is 1. The van der Waals surface area contributed by atoms with E-state index in [0.717, 1.165) is 22.8 Å². The zero-order valence-corrected chi connectivity index (χ0v) is 14.9. The van der Waals surface area contributed by atoms with E-state index in [4.69, 9.17) is 0 Å². The van der Waals surface area contributed by atoms with Crippen molar-refractivity contribution in [2.45, 2.75) is 26.7 Å². The molecular weight excluding hydrogens is 320 g/mol. The molecule has 0 saturated carbocycles. The number of imidazole rings is 1. The van der Waals surface area contributed by atoms with Crippen molar-refractivity contribution in [2.75, 3.05) is 5.32 Å². The van der Waals surface area contributed by atoms with Gasteiger partial charge in [-0.15, -0.1) is 0 Å². The molecule has 2 heterocycles. The normalized spacial score (nSPS) is 10.8. The van der Waals surface area contributed by atoms with E-state index in [1.807, 2.05) is 24.7 Å². The monoisotopic (exact) mass is 340 g/mol. The van der Waals surface area contributed by atoms with Crippen LogP contribution in [0.25, 0.3) is 10.7 Å². The predicted molar refractivity (Wildman–Crippen MR) is 97.2 cm³/mol. The number of thiazole rings is 1. The van der Waals surface area contributed by atoms with Gasteiger partial charge in [-0.1, -0.05) is 41.2 Å². The fourth-order valence-electron chi connectivity index (χ4n) is 2.44. The maximum atomic E-state index is 12.2. The van der Waals surface area contributed by atoms with Crippen LogP contribution >= 0.6 is 11.3 Å². The highest BCUT2D eigenvalue weighted by Crippen LogP contribution is 2.31. The van der Waals surface area contributed by atoms with Crippen molar-refractivity contribution in [1.82, 2.24) is 14.5 Å². The number of carbonyl (C=O) groups excluding carboxylic acids is 1. The van der Waals surface area contributed by atoms with Crippen molar-refractivity contribution in [3.8, 4) is 10.7 Å². The summed E-state index contributed by atoms with van der Waals surface area (Å²) in [4.78, 5) is 21.9. The number of aryl methyl sites for hydroxylation is 4. The Bertz CT molecular complexity index is 848. The van der Waals surface area contributed by atoms with Gasteiger partial charge < -0.3 is 9.88 Å². The summed E-state index contributed by atoms with van der Waals surface area (Å²) in [5, 5.41) is 3.52. The van der Waals surface area contributed by atoms with E-state index in [1.165, 1.54) is 22.5 Å². The largest absolute Gasteiger partial charge is 0.333 e. The molecule has 0 saturated heterocycles. The van der Waals surface area contributed by atoms with Gasteiger partial charge in [0.2, 0.25) is 5.91 Å². The van der Waals surface area contributed by atoms with Crippen LogP contribution in [0.2, 0.25) is 0 Å². The summed E-state index contributed by atoms with van der Waals surface area (Å²) in [5.74, 6) is 0.848. The number of hydrogen-bond donors (Lipinski definition) is 1. The Morgan fingerprint density at radius 2 is 2.00 bits per heavy atom. The van der Waals surface area contributed by atoms with E-state index in [0.29, 0.717) is 11.6 Å². The summed E-state index contributed by atoms with van der Waals surface area (Å²) in [5.41, 5.74) is 3.27. The molecular formula is C18H20N4OS. The van der Waals surface area contributed by atoms with Gasteiger partial charge in [0.15, 0.2) is 11.0 Å². The van der Waals surface area contributed by atoms with Crippen LogP contribution in [-0.2, 0) is 18.3 Å². The first-order valence-electron chi connectivity index (χ1n) is 7.83. The van der Waals surface area contributed by atoms with E-state index in [1.54, 1.807) is 6.20 Å². The SMILES string of the molecule is Cc1ccc(CCC(=O)Nc2nc(C)c(-c3nccn3C)s2)cc1. The number of anilines is 1. The summed E-state index contributed by atoms with van der Waals surface area (Å²) in [6.45, 7) is 3.99. The van der Waals surface area contributed by atoms with Crippen LogP contribution in [0.5, 0.6) is 0 Å². The van der Waals surface area contributed by atoms with Crippen LogP contribution in [-0.4, -0.2) is 20.4 Å². The molecule has 0 unspecified atom stereocenters. The van der Waals surface area contributed by atoms with Gasteiger partial charge in [0.05, 0.1) is 10.6 Å². The van der Waals surface area contributed by atoms with Crippen LogP contribution < -0.4 is 5.32 Å². The lowest BCUT2D eigenvalue weighted by molar-refractivity contribution is -0.116. The molecule has 0 spiro atoms. The summed E-state index contributed by atoms with van der Waals surface area (Å²) < 4.78 is 1.95. The van der Waals surface area contributed by atoms with Crippen molar-refractivity contribution < 1.29 is 4.79 Å². The fraction of sp³-hybridized carbons (Fsp3) is 0.278. The molecule has 0 radical (unpaired) electrons. The summed E-state index contributed by atoms with van der Waals surface area (Å²) >= 11 is 1.46. The summed E-state index contributed by atoms with van der Waals surface area (Å²) in [6, 6.07) is 8.26. The van der Waals surface area contributed by atoms with E-state index < -0.39 is 0 Å². The smallest absolute Gasteiger partial charge is 0.226 e. The lowest BCUT2D eigenvalue weighted by Gasteiger charge is -2.03. The van der Waals surface area contributed by atoms with Gasteiger partial charge in [-0.3, -0.25) is 4.79 Å². The van der Waals surface area contributed by atoms with Crippen LogP contribution in [0.4, 0.5) is 5.13 Å². The molecule has 1 aromatic carbocycles. The molecule has 0 bridgehead atoms. The fourth-order valence-corrected chi connectivity index (χ4v) is 3.46. The first-order chi connectivity index (χ1) is 11.5. The number of rotatable bonds is 5. The Labute approximate surface area is 145 Å². The molecule has 5 nitrogen and oxygen atoms in total. The minimum Gasteiger partial charge on any atom is -0.333 e. The number of aromatic nitrogens is 3. The summed E-state index contributed by atoms with van der Waals surface area (Å²) in [6.07, 6.45) is 4.82. The Kier molecular flexibility index (Phi) is 4.76. The Hall–Kier alpha value is -2.47. The highest BCUT2D eigenvalue weighted by molar-refractivity contribution is 7.19. The lowest BCUT2D eigenvalue weighted by Crippen LogP contribution is -2.12. The number of benzene rings is 1. The van der Waals surface area contributed by atoms with Gasteiger partial charge in [-0.25, -0.2) is 9.97 Å². The highest BCUT2D eigenvalue weighted by atomic mass is 32.1. The molecule has 0 aliphatic heterocycles. The Morgan fingerprint density at radius 1 is 1.25 bits per heavy atom. The van der Waals surface area contributed by atoms with Crippen LogP contribution in [0.1, 0.15) is 23.2 Å². The topological polar surface area (TPSA) is 59.8 Å². The third-order valence-electron chi connectivity index (χ3n) is 3.83. The number of hydrogen-bond acceptors (Lipinski definition) is 4. The van der Waals surface area contributed by atoms with E-state index in [2.05, 4.69) is 46.5 Å². The van der Waals surface area contributed by atoms with Gasteiger partial charge in [-0.2, -0.15) is 0 Å². The number of amides is 1. The third kappa shape index (κ3) is 3.71. The quantitative estimate of drug-likeness (QED) is 0.770. The van der Waals surface area contributed by atoms with E-state index >= 15 is 0 Å². The van der Waals surface area contributed by atoms with Gasteiger partial charge in [0.25, 0.3) is 0 Å². The molecule has 3 aromatic rings. The second-order valence-electron chi connectivity index (χ2n) is 5.83. The average Bonchev–Trinajstić information content (AvgIpc) is 3.12. The molecule has 6 heteroatoms. The lowest BCUT2D eigenvalue weighted by atomic mass is 10.1. The minimum atomic E-state index is -0.0179. The molecule has 2 aromatic heterocycles. The Balaban J connectivity index is 1.63. The van der Waals surface area contributed by atoms with Crippen LogP contribution in [0, 0.1) is 13.8 Å². The van der Waals surface area contributed by atoms with E-state index in [9.17, 15) is 4.79 Å². The Morgan fingerprint density at radius 3 is 2.67 bits per heavy atom. The van der Waals surface area contributed by atoms with Gasteiger partial charge in [-0.05, 0) is 25.8 Å². The average molecular weight is 340 g/mol. The molecule has 1 N–H and O–H groups in total. The number of nitrogens with one attached hydrogen (secondary N) is 1. The second kappa shape index (κ2) is 6.97. The van der Waals surface area contributed by atoms with Crippen LogP contribution in [0.15, 0.2) is 36.7 Å². The third-order valence-corrected chi connectivity index (χ3v) is 4.90. The first-order valence-corrected chi connectivity index (χ1v) is 8.65. The molecule has 0 aliphatic carbocycles. The van der Waals surface area contributed by atoms with Crippen molar-refractivity contribution in [2.24, 2.45) is 7.05 Å². The molecule has 24 heavy (non-hydrogen) atoms. The number of nitrogens with zero attached hydrogens (tertiary/aromatic N) is 3. The zero-order chi connectivity index (χ0) is 17.1. The molecule has 0 fully saturated rings. The van der Waals surface area contributed by atoms with E-state index in [-0.39, 0.29) is 5.91 Å². The zero-order valence-electron chi connectivity index (χ0n) is 14.0. The second-order valence-corrected chi connectivity index (χ2v) is 6.83. The molecule has 0 atom stereocenters. The minimum absolute atomic E-state index is 0.0179. The van der Waals surface area contributed by atoms with Crippen LogP contribution in [0.3, 0.4) is 0 Å². The van der Waals surface area contributed by atoms with Crippen molar-refractivity contribution in [3.63, 3.8) is 0 Å². The highest BCUT2D eigenvalue weighted by Gasteiger charge is 2.14. The molecule has 3 rings (SSSR count). The van der Waals surface area contributed by atoms with Gasteiger partial charge in [0, 0.05) is 25.9 Å². The maximum Gasteiger partial charge on any atom is 0.226 e.